The number of hydrogen-bond acceptors (Lipinski definition) is 6. The molecule has 1 fully saturated rings. The summed E-state index contributed by atoms with van der Waals surface area (Å²) in [6.45, 7) is 7.70. The summed E-state index contributed by atoms with van der Waals surface area (Å²) in [6, 6.07) is 13.3. The number of amides is 1. The summed E-state index contributed by atoms with van der Waals surface area (Å²) in [4.78, 5) is 25.4. The predicted molar refractivity (Wildman–Crippen MR) is 122 cm³/mol. The molecule has 2 aromatic carbocycles. The number of morpholine rings is 1. The molecular formula is C25H32N2O5. The van der Waals surface area contributed by atoms with Crippen molar-refractivity contribution in [3.8, 4) is 11.5 Å². The molecule has 0 spiro atoms. The summed E-state index contributed by atoms with van der Waals surface area (Å²) in [7, 11) is 1.51. The Morgan fingerprint density at radius 1 is 1.09 bits per heavy atom. The number of aldehydes is 1. The third-order valence-electron chi connectivity index (χ3n) is 5.32. The number of carbonyl (C=O) groups excluding carboxylic acids is 2. The first kappa shape index (κ1) is 23.8. The van der Waals surface area contributed by atoms with E-state index in [2.05, 4.69) is 48.3 Å². The van der Waals surface area contributed by atoms with Crippen LogP contribution in [0, 0.1) is 0 Å². The minimum Gasteiger partial charge on any atom is -0.493 e. The molecular weight excluding hydrogens is 408 g/mol. The van der Waals surface area contributed by atoms with Gasteiger partial charge in [-0.15, -0.1) is 0 Å². The second kappa shape index (κ2) is 11.6. The van der Waals surface area contributed by atoms with Crippen LogP contribution in [0.25, 0.3) is 0 Å². The Bertz CT molecular complexity index is 890. The van der Waals surface area contributed by atoms with Gasteiger partial charge in [0.25, 0.3) is 0 Å². The average molecular weight is 441 g/mol. The first-order valence-corrected chi connectivity index (χ1v) is 10.9. The molecule has 1 N–H and O–H groups in total. The summed E-state index contributed by atoms with van der Waals surface area (Å²) < 4.78 is 16.7. The fraction of sp³-hybridized carbons (Fsp3) is 0.440. The highest BCUT2D eigenvalue weighted by atomic mass is 16.5. The quantitative estimate of drug-likeness (QED) is 0.572. The van der Waals surface area contributed by atoms with E-state index in [-0.39, 0.29) is 31.1 Å². The fourth-order valence-electron chi connectivity index (χ4n) is 3.85. The Hall–Kier alpha value is -2.90. The van der Waals surface area contributed by atoms with Crippen LogP contribution in [0.3, 0.4) is 0 Å². The van der Waals surface area contributed by atoms with Crippen molar-refractivity contribution in [1.82, 2.24) is 10.2 Å². The smallest absolute Gasteiger partial charge is 0.223 e. The average Bonchev–Trinajstić information content (AvgIpc) is 2.78. The van der Waals surface area contributed by atoms with Crippen molar-refractivity contribution in [2.24, 2.45) is 0 Å². The van der Waals surface area contributed by atoms with Gasteiger partial charge in [-0.2, -0.15) is 0 Å². The van der Waals surface area contributed by atoms with Crippen LogP contribution in [0.2, 0.25) is 0 Å². The molecule has 172 valence electrons. The van der Waals surface area contributed by atoms with E-state index in [9.17, 15) is 9.59 Å². The number of methoxy groups -OCH3 is 1. The summed E-state index contributed by atoms with van der Waals surface area (Å²) in [5.74, 6) is 0.885. The third-order valence-corrected chi connectivity index (χ3v) is 5.32. The molecule has 1 aliphatic heterocycles. The van der Waals surface area contributed by atoms with Gasteiger partial charge in [0.05, 0.1) is 32.3 Å². The van der Waals surface area contributed by atoms with Crippen molar-refractivity contribution >= 4 is 12.2 Å². The first-order chi connectivity index (χ1) is 15.5. The lowest BCUT2D eigenvalue weighted by Gasteiger charge is -2.35. The second-order valence-electron chi connectivity index (χ2n) is 8.17. The molecule has 1 amide bonds. The van der Waals surface area contributed by atoms with Crippen molar-refractivity contribution in [2.45, 2.75) is 45.6 Å². The third kappa shape index (κ3) is 7.07. The van der Waals surface area contributed by atoms with E-state index in [4.69, 9.17) is 14.2 Å². The molecule has 0 aliphatic carbocycles. The maximum Gasteiger partial charge on any atom is 0.223 e. The van der Waals surface area contributed by atoms with E-state index < -0.39 is 0 Å². The molecule has 32 heavy (non-hydrogen) atoms. The van der Waals surface area contributed by atoms with Crippen LogP contribution in [0.5, 0.6) is 11.5 Å². The van der Waals surface area contributed by atoms with E-state index in [1.54, 1.807) is 18.2 Å². The molecule has 7 heteroatoms. The molecule has 2 aromatic rings. The lowest BCUT2D eigenvalue weighted by Crippen LogP contribution is -2.44. The first-order valence-electron chi connectivity index (χ1n) is 10.9. The van der Waals surface area contributed by atoms with Crippen LogP contribution in [-0.2, 0) is 22.6 Å². The predicted octanol–water partition coefficient (Wildman–Crippen LogP) is 3.20. The normalized spacial score (nSPS) is 18.7. The molecule has 1 aliphatic rings. The van der Waals surface area contributed by atoms with Gasteiger partial charge in [0, 0.05) is 31.7 Å². The molecule has 1 saturated heterocycles. The van der Waals surface area contributed by atoms with Crippen molar-refractivity contribution in [3.63, 3.8) is 0 Å². The van der Waals surface area contributed by atoms with Gasteiger partial charge in [-0.25, -0.2) is 0 Å². The molecule has 2 atom stereocenters. The molecule has 0 bridgehead atoms. The molecule has 0 aromatic heterocycles. The zero-order chi connectivity index (χ0) is 22.9. The zero-order valence-electron chi connectivity index (χ0n) is 19.0. The van der Waals surface area contributed by atoms with Gasteiger partial charge in [0.15, 0.2) is 11.5 Å². The number of ether oxygens (including phenoxy) is 3. The van der Waals surface area contributed by atoms with E-state index in [1.807, 2.05) is 0 Å². The molecule has 7 nitrogen and oxygen atoms in total. The van der Waals surface area contributed by atoms with Crippen LogP contribution < -0.4 is 14.8 Å². The van der Waals surface area contributed by atoms with Gasteiger partial charge < -0.3 is 19.5 Å². The van der Waals surface area contributed by atoms with E-state index in [1.165, 1.54) is 12.7 Å². The Balaban J connectivity index is 1.40. The van der Waals surface area contributed by atoms with Crippen LogP contribution in [0.1, 0.15) is 41.8 Å². The molecule has 2 unspecified atom stereocenters. The SMILES string of the molecule is COc1cc(C=O)ccc1OCCC(=O)NCc1ccc(CN2CC(C)OC(C)C2)cc1. The maximum absolute atomic E-state index is 12.2. The summed E-state index contributed by atoms with van der Waals surface area (Å²) in [6.07, 6.45) is 1.49. The van der Waals surface area contributed by atoms with Gasteiger partial charge in [-0.1, -0.05) is 24.3 Å². The zero-order valence-corrected chi connectivity index (χ0v) is 19.0. The second-order valence-corrected chi connectivity index (χ2v) is 8.17. The van der Waals surface area contributed by atoms with Crippen molar-refractivity contribution in [3.05, 3.63) is 59.2 Å². The Morgan fingerprint density at radius 2 is 1.78 bits per heavy atom. The lowest BCUT2D eigenvalue weighted by molar-refractivity contribution is -0.121. The van der Waals surface area contributed by atoms with Crippen LogP contribution >= 0.6 is 0 Å². The molecule has 0 saturated carbocycles. The topological polar surface area (TPSA) is 77.1 Å². The number of benzene rings is 2. The fourth-order valence-corrected chi connectivity index (χ4v) is 3.85. The van der Waals surface area contributed by atoms with E-state index in [0.717, 1.165) is 31.5 Å². The van der Waals surface area contributed by atoms with Gasteiger partial charge in [0.1, 0.15) is 6.29 Å². The van der Waals surface area contributed by atoms with Crippen LogP contribution in [0.15, 0.2) is 42.5 Å². The number of hydrogen-bond donors (Lipinski definition) is 1. The molecule has 3 rings (SSSR count). The molecule has 0 radical (unpaired) electrons. The van der Waals surface area contributed by atoms with Gasteiger partial charge in [0.2, 0.25) is 5.91 Å². The van der Waals surface area contributed by atoms with Crippen LogP contribution in [-0.4, -0.2) is 56.1 Å². The number of nitrogens with one attached hydrogen (secondary N) is 1. The van der Waals surface area contributed by atoms with Gasteiger partial charge in [-0.3, -0.25) is 14.5 Å². The Labute approximate surface area is 189 Å². The Kier molecular flexibility index (Phi) is 8.64. The highest BCUT2D eigenvalue weighted by Crippen LogP contribution is 2.27. The summed E-state index contributed by atoms with van der Waals surface area (Å²) >= 11 is 0. The minimum atomic E-state index is -0.0890. The molecule has 1 heterocycles. The summed E-state index contributed by atoms with van der Waals surface area (Å²) in [5.41, 5.74) is 2.81. The highest BCUT2D eigenvalue weighted by molar-refractivity contribution is 5.77. The lowest BCUT2D eigenvalue weighted by atomic mass is 10.1. The van der Waals surface area contributed by atoms with Crippen molar-refractivity contribution in [2.75, 3.05) is 26.8 Å². The largest absolute Gasteiger partial charge is 0.493 e. The minimum absolute atomic E-state index is 0.0890. The maximum atomic E-state index is 12.2. The van der Waals surface area contributed by atoms with Crippen molar-refractivity contribution < 1.29 is 23.8 Å². The summed E-state index contributed by atoms with van der Waals surface area (Å²) in [5, 5.41) is 2.92. The number of rotatable bonds is 10. The van der Waals surface area contributed by atoms with Gasteiger partial charge >= 0.3 is 0 Å². The standard InChI is InChI=1S/C25H32N2O5/c1-18-14-27(15-19(2)32-18)16-21-6-4-20(5-7-21)13-26-25(29)10-11-31-23-9-8-22(17-28)12-24(23)30-3/h4-9,12,17-19H,10-11,13-16H2,1-3H3,(H,26,29). The van der Waals surface area contributed by atoms with Crippen molar-refractivity contribution in [1.29, 1.82) is 0 Å². The highest BCUT2D eigenvalue weighted by Gasteiger charge is 2.21. The monoisotopic (exact) mass is 440 g/mol. The number of nitrogens with zero attached hydrogens (tertiary/aromatic N) is 1. The van der Waals surface area contributed by atoms with E-state index in [0.29, 0.717) is 23.6 Å². The van der Waals surface area contributed by atoms with Gasteiger partial charge in [-0.05, 0) is 43.2 Å². The van der Waals surface area contributed by atoms with E-state index >= 15 is 0 Å². The van der Waals surface area contributed by atoms with Crippen LogP contribution in [0.4, 0.5) is 0 Å². The Morgan fingerprint density at radius 3 is 2.44 bits per heavy atom. The number of carbonyl (C=O) groups is 2.